The van der Waals surface area contributed by atoms with E-state index >= 15 is 0 Å². The Labute approximate surface area is 102 Å². The molecule has 1 N–H and O–H groups in total. The first-order chi connectivity index (χ1) is 7.97. The second-order valence-corrected chi connectivity index (χ2v) is 4.47. The Hall–Kier alpha value is -1.29. The highest BCUT2D eigenvalue weighted by atomic mass is 16.5. The SMILES string of the molecule is CC(O)CCc1ccc(CC(=O)OC(C)C)o1. The fraction of sp³-hybridized carbons (Fsp3) is 0.615. The summed E-state index contributed by atoms with van der Waals surface area (Å²) in [4.78, 5) is 11.4. The van der Waals surface area contributed by atoms with Crippen molar-refractivity contribution in [2.24, 2.45) is 0 Å². The molecule has 96 valence electrons. The number of carbonyl (C=O) groups is 1. The second kappa shape index (κ2) is 6.45. The summed E-state index contributed by atoms with van der Waals surface area (Å²) in [7, 11) is 0. The number of furan rings is 1. The van der Waals surface area contributed by atoms with Crippen molar-refractivity contribution < 1.29 is 19.1 Å². The predicted molar refractivity (Wildman–Crippen MR) is 63.6 cm³/mol. The molecule has 0 aromatic carbocycles. The van der Waals surface area contributed by atoms with Crippen molar-refractivity contribution in [3.8, 4) is 0 Å². The summed E-state index contributed by atoms with van der Waals surface area (Å²) in [6, 6.07) is 3.61. The molecule has 0 aliphatic carbocycles. The van der Waals surface area contributed by atoms with Crippen LogP contribution < -0.4 is 0 Å². The van der Waals surface area contributed by atoms with Crippen LogP contribution in [0.5, 0.6) is 0 Å². The van der Waals surface area contributed by atoms with Crippen LogP contribution in [0.4, 0.5) is 0 Å². The molecule has 1 aromatic heterocycles. The van der Waals surface area contributed by atoms with Crippen molar-refractivity contribution in [2.75, 3.05) is 0 Å². The van der Waals surface area contributed by atoms with E-state index in [-0.39, 0.29) is 24.6 Å². The predicted octanol–water partition coefficient (Wildman–Crippen LogP) is 2.09. The fourth-order valence-corrected chi connectivity index (χ4v) is 1.45. The largest absolute Gasteiger partial charge is 0.465 e. The zero-order valence-corrected chi connectivity index (χ0v) is 10.6. The number of carbonyl (C=O) groups excluding carboxylic acids is 1. The summed E-state index contributed by atoms with van der Waals surface area (Å²) < 4.78 is 10.5. The van der Waals surface area contributed by atoms with Gasteiger partial charge in [-0.25, -0.2) is 0 Å². The third kappa shape index (κ3) is 5.54. The first-order valence-electron chi connectivity index (χ1n) is 5.92. The summed E-state index contributed by atoms with van der Waals surface area (Å²) in [6.07, 6.45) is 1.05. The third-order valence-electron chi connectivity index (χ3n) is 2.21. The summed E-state index contributed by atoms with van der Waals surface area (Å²) in [6.45, 7) is 5.37. The molecule has 4 heteroatoms. The first-order valence-corrected chi connectivity index (χ1v) is 5.92. The minimum absolute atomic E-state index is 0.104. The van der Waals surface area contributed by atoms with Crippen molar-refractivity contribution in [3.05, 3.63) is 23.7 Å². The molecular formula is C13H20O4. The van der Waals surface area contributed by atoms with Gasteiger partial charge in [0.25, 0.3) is 0 Å². The van der Waals surface area contributed by atoms with E-state index in [9.17, 15) is 4.79 Å². The van der Waals surface area contributed by atoms with Gasteiger partial charge in [0.15, 0.2) is 0 Å². The maximum absolute atomic E-state index is 11.4. The van der Waals surface area contributed by atoms with Crippen molar-refractivity contribution in [1.29, 1.82) is 0 Å². The number of rotatable bonds is 6. The highest BCUT2D eigenvalue weighted by molar-refractivity contribution is 5.71. The van der Waals surface area contributed by atoms with Gasteiger partial charge in [-0.05, 0) is 39.3 Å². The third-order valence-corrected chi connectivity index (χ3v) is 2.21. The molecule has 0 bridgehead atoms. The second-order valence-electron chi connectivity index (χ2n) is 4.47. The summed E-state index contributed by atoms with van der Waals surface area (Å²) in [5.41, 5.74) is 0. The minimum Gasteiger partial charge on any atom is -0.465 e. The van der Waals surface area contributed by atoms with Gasteiger partial charge in [0, 0.05) is 6.42 Å². The van der Waals surface area contributed by atoms with Gasteiger partial charge in [-0.3, -0.25) is 4.79 Å². The lowest BCUT2D eigenvalue weighted by molar-refractivity contribution is -0.146. The Morgan fingerprint density at radius 1 is 1.35 bits per heavy atom. The van der Waals surface area contributed by atoms with Gasteiger partial charge in [-0.15, -0.1) is 0 Å². The number of hydrogen-bond acceptors (Lipinski definition) is 4. The van der Waals surface area contributed by atoms with E-state index < -0.39 is 0 Å². The number of aliphatic hydroxyl groups excluding tert-OH is 1. The molecule has 1 atom stereocenters. The van der Waals surface area contributed by atoms with E-state index in [1.807, 2.05) is 19.9 Å². The molecule has 0 saturated heterocycles. The molecule has 0 fully saturated rings. The number of hydrogen-bond donors (Lipinski definition) is 1. The van der Waals surface area contributed by atoms with Crippen LogP contribution in [0.3, 0.4) is 0 Å². The monoisotopic (exact) mass is 240 g/mol. The lowest BCUT2D eigenvalue weighted by Crippen LogP contribution is -2.13. The van der Waals surface area contributed by atoms with E-state index in [0.29, 0.717) is 18.6 Å². The lowest BCUT2D eigenvalue weighted by atomic mass is 10.2. The van der Waals surface area contributed by atoms with Gasteiger partial charge in [0.05, 0.1) is 12.2 Å². The van der Waals surface area contributed by atoms with Gasteiger partial charge >= 0.3 is 5.97 Å². The van der Waals surface area contributed by atoms with Crippen LogP contribution in [0.25, 0.3) is 0 Å². The van der Waals surface area contributed by atoms with Gasteiger partial charge in [0.2, 0.25) is 0 Å². The molecule has 1 aromatic rings. The molecule has 1 rings (SSSR count). The Bertz CT molecular complexity index is 352. The molecule has 1 unspecified atom stereocenters. The van der Waals surface area contributed by atoms with Gasteiger partial charge in [0.1, 0.15) is 17.9 Å². The van der Waals surface area contributed by atoms with Gasteiger partial charge < -0.3 is 14.3 Å². The van der Waals surface area contributed by atoms with Gasteiger partial charge in [-0.1, -0.05) is 0 Å². The smallest absolute Gasteiger partial charge is 0.313 e. The topological polar surface area (TPSA) is 59.7 Å². The molecule has 0 saturated carbocycles. The number of aliphatic hydroxyl groups is 1. The summed E-state index contributed by atoms with van der Waals surface area (Å²) in [5.74, 6) is 1.12. The van der Waals surface area contributed by atoms with Crippen molar-refractivity contribution in [3.63, 3.8) is 0 Å². The van der Waals surface area contributed by atoms with Crippen LogP contribution in [-0.4, -0.2) is 23.3 Å². The van der Waals surface area contributed by atoms with Crippen LogP contribution in [0.2, 0.25) is 0 Å². The van der Waals surface area contributed by atoms with Crippen molar-refractivity contribution in [1.82, 2.24) is 0 Å². The van der Waals surface area contributed by atoms with Crippen LogP contribution in [-0.2, 0) is 22.4 Å². The van der Waals surface area contributed by atoms with Gasteiger partial charge in [-0.2, -0.15) is 0 Å². The Morgan fingerprint density at radius 2 is 2.00 bits per heavy atom. The van der Waals surface area contributed by atoms with Crippen LogP contribution >= 0.6 is 0 Å². The van der Waals surface area contributed by atoms with E-state index in [0.717, 1.165) is 5.76 Å². The number of ether oxygens (including phenoxy) is 1. The maximum Gasteiger partial charge on any atom is 0.313 e. The van der Waals surface area contributed by atoms with Crippen LogP contribution in [0.15, 0.2) is 16.5 Å². The van der Waals surface area contributed by atoms with Crippen molar-refractivity contribution >= 4 is 5.97 Å². The van der Waals surface area contributed by atoms with E-state index in [4.69, 9.17) is 14.3 Å². The highest BCUT2D eigenvalue weighted by Gasteiger charge is 2.10. The molecule has 1 heterocycles. The lowest BCUT2D eigenvalue weighted by Gasteiger charge is -2.06. The number of esters is 1. The Morgan fingerprint density at radius 3 is 2.59 bits per heavy atom. The molecule has 0 aliphatic heterocycles. The molecule has 0 amide bonds. The molecular weight excluding hydrogens is 220 g/mol. The zero-order chi connectivity index (χ0) is 12.8. The average molecular weight is 240 g/mol. The van der Waals surface area contributed by atoms with E-state index in [2.05, 4.69) is 0 Å². The zero-order valence-electron chi connectivity index (χ0n) is 10.6. The molecule has 0 spiro atoms. The number of aryl methyl sites for hydroxylation is 1. The Kier molecular flexibility index (Phi) is 5.22. The highest BCUT2D eigenvalue weighted by Crippen LogP contribution is 2.12. The van der Waals surface area contributed by atoms with Crippen LogP contribution in [0, 0.1) is 0 Å². The van der Waals surface area contributed by atoms with E-state index in [1.165, 1.54) is 0 Å². The van der Waals surface area contributed by atoms with Crippen molar-refractivity contribution in [2.45, 2.75) is 52.2 Å². The molecule has 17 heavy (non-hydrogen) atoms. The summed E-state index contributed by atoms with van der Waals surface area (Å²) in [5, 5.41) is 9.15. The molecule has 4 nitrogen and oxygen atoms in total. The van der Waals surface area contributed by atoms with Crippen LogP contribution in [0.1, 0.15) is 38.7 Å². The minimum atomic E-state index is -0.338. The Balaban J connectivity index is 2.42. The maximum atomic E-state index is 11.4. The molecule has 0 aliphatic rings. The quantitative estimate of drug-likeness (QED) is 0.773. The molecule has 0 radical (unpaired) electrons. The first kappa shape index (κ1) is 13.8. The standard InChI is InChI=1S/C13H20O4/c1-9(2)16-13(15)8-12-7-6-11(17-12)5-4-10(3)14/h6-7,9-10,14H,4-5,8H2,1-3H3. The fourth-order valence-electron chi connectivity index (χ4n) is 1.45. The average Bonchev–Trinajstić information content (AvgIpc) is 2.61. The normalized spacial score (nSPS) is 12.8. The van der Waals surface area contributed by atoms with E-state index in [1.54, 1.807) is 13.0 Å². The summed E-state index contributed by atoms with van der Waals surface area (Å²) >= 11 is 0.